The number of aryl methyl sites for hydroxylation is 1. The minimum atomic E-state index is -0.00236. The molecule has 0 atom stereocenters. The lowest BCUT2D eigenvalue weighted by molar-refractivity contribution is 0.954. The predicted molar refractivity (Wildman–Crippen MR) is 59.8 cm³/mol. The standard InChI is InChI=1S/C12H12N2O/c1-8-9(2)13-14-11(12(8)15)10-6-4-3-5-7-10/h3-7H,1-2H3,(H,13,15). The molecule has 0 saturated heterocycles. The largest absolute Gasteiger partial charge is 0.287 e. The molecule has 0 aliphatic rings. The third-order valence-electron chi connectivity index (χ3n) is 2.50. The van der Waals surface area contributed by atoms with Crippen molar-refractivity contribution in [3.8, 4) is 11.3 Å². The SMILES string of the molecule is Cc1[nH]nc(-c2ccccc2)c(=O)c1C. The lowest BCUT2D eigenvalue weighted by Crippen LogP contribution is -2.14. The zero-order chi connectivity index (χ0) is 10.8. The predicted octanol–water partition coefficient (Wildman–Crippen LogP) is 2.05. The summed E-state index contributed by atoms with van der Waals surface area (Å²) in [5.74, 6) is 0. The van der Waals surface area contributed by atoms with Crippen molar-refractivity contribution in [2.24, 2.45) is 0 Å². The molecule has 1 aromatic heterocycles. The van der Waals surface area contributed by atoms with Crippen molar-refractivity contribution in [2.45, 2.75) is 13.8 Å². The van der Waals surface area contributed by atoms with Crippen molar-refractivity contribution in [3.05, 3.63) is 51.8 Å². The number of hydrogen-bond donors (Lipinski definition) is 1. The molecule has 0 bridgehead atoms. The Balaban J connectivity index is 2.66. The van der Waals surface area contributed by atoms with Gasteiger partial charge in [-0.2, -0.15) is 5.10 Å². The Morgan fingerprint density at radius 2 is 1.80 bits per heavy atom. The van der Waals surface area contributed by atoms with E-state index in [-0.39, 0.29) is 5.43 Å². The highest BCUT2D eigenvalue weighted by atomic mass is 16.1. The van der Waals surface area contributed by atoms with Gasteiger partial charge in [0.1, 0.15) is 5.69 Å². The van der Waals surface area contributed by atoms with Crippen molar-refractivity contribution in [1.29, 1.82) is 0 Å². The maximum Gasteiger partial charge on any atom is 0.211 e. The van der Waals surface area contributed by atoms with Crippen LogP contribution in [0.25, 0.3) is 11.3 Å². The van der Waals surface area contributed by atoms with Crippen LogP contribution < -0.4 is 5.43 Å². The first-order chi connectivity index (χ1) is 7.20. The van der Waals surface area contributed by atoms with E-state index < -0.39 is 0 Å². The molecule has 0 unspecified atom stereocenters. The first-order valence-electron chi connectivity index (χ1n) is 4.81. The number of hydrogen-bond acceptors (Lipinski definition) is 2. The molecule has 2 rings (SSSR count). The molecule has 1 aromatic carbocycles. The third-order valence-corrected chi connectivity index (χ3v) is 2.50. The molecular weight excluding hydrogens is 188 g/mol. The summed E-state index contributed by atoms with van der Waals surface area (Å²) in [7, 11) is 0. The monoisotopic (exact) mass is 200 g/mol. The summed E-state index contributed by atoms with van der Waals surface area (Å²) in [6, 6.07) is 9.47. The van der Waals surface area contributed by atoms with Gasteiger partial charge >= 0.3 is 0 Å². The van der Waals surface area contributed by atoms with Crippen LogP contribution in [0.5, 0.6) is 0 Å². The topological polar surface area (TPSA) is 45.8 Å². The van der Waals surface area contributed by atoms with E-state index in [9.17, 15) is 4.79 Å². The molecular formula is C12H12N2O. The fourth-order valence-corrected chi connectivity index (χ4v) is 1.41. The van der Waals surface area contributed by atoms with Crippen molar-refractivity contribution in [2.75, 3.05) is 0 Å². The second kappa shape index (κ2) is 3.69. The van der Waals surface area contributed by atoms with Crippen LogP contribution >= 0.6 is 0 Å². The molecule has 1 heterocycles. The van der Waals surface area contributed by atoms with Crippen LogP contribution in [0.3, 0.4) is 0 Å². The lowest BCUT2D eigenvalue weighted by Gasteiger charge is -2.02. The highest BCUT2D eigenvalue weighted by molar-refractivity contribution is 5.58. The summed E-state index contributed by atoms with van der Waals surface area (Å²) >= 11 is 0. The number of nitrogens with zero attached hydrogens (tertiary/aromatic N) is 1. The first kappa shape index (κ1) is 9.65. The minimum absolute atomic E-state index is 0.00236. The van der Waals surface area contributed by atoms with Gasteiger partial charge in [-0.3, -0.25) is 9.89 Å². The van der Waals surface area contributed by atoms with Gasteiger partial charge in [0.15, 0.2) is 0 Å². The molecule has 3 heteroatoms. The van der Waals surface area contributed by atoms with Crippen LogP contribution in [-0.4, -0.2) is 10.2 Å². The van der Waals surface area contributed by atoms with Crippen LogP contribution in [-0.2, 0) is 0 Å². The Bertz CT molecular complexity index is 529. The average Bonchev–Trinajstić information content (AvgIpc) is 2.27. The van der Waals surface area contributed by atoms with Gasteiger partial charge in [0.25, 0.3) is 0 Å². The van der Waals surface area contributed by atoms with Crippen LogP contribution in [0.1, 0.15) is 11.3 Å². The van der Waals surface area contributed by atoms with Crippen LogP contribution in [0.15, 0.2) is 35.1 Å². The molecule has 0 amide bonds. The highest BCUT2D eigenvalue weighted by Crippen LogP contribution is 2.12. The van der Waals surface area contributed by atoms with Gasteiger partial charge in [0, 0.05) is 16.8 Å². The number of rotatable bonds is 1. The number of nitrogens with one attached hydrogen (secondary N) is 1. The van der Waals surface area contributed by atoms with Gasteiger partial charge in [-0.05, 0) is 13.8 Å². The third kappa shape index (κ3) is 1.68. The van der Waals surface area contributed by atoms with Gasteiger partial charge in [-0.25, -0.2) is 0 Å². The normalized spacial score (nSPS) is 10.3. The summed E-state index contributed by atoms with van der Waals surface area (Å²) in [6.07, 6.45) is 0. The molecule has 15 heavy (non-hydrogen) atoms. The maximum absolute atomic E-state index is 11.9. The summed E-state index contributed by atoms with van der Waals surface area (Å²) in [5.41, 5.74) is 2.88. The molecule has 0 fully saturated rings. The number of aromatic amines is 1. The van der Waals surface area contributed by atoms with E-state index in [0.717, 1.165) is 16.8 Å². The highest BCUT2D eigenvalue weighted by Gasteiger charge is 2.07. The summed E-state index contributed by atoms with van der Waals surface area (Å²) in [5, 5.41) is 6.93. The van der Waals surface area contributed by atoms with E-state index in [0.29, 0.717) is 5.69 Å². The van der Waals surface area contributed by atoms with E-state index in [1.165, 1.54) is 0 Å². The second-order valence-electron chi connectivity index (χ2n) is 3.52. The molecule has 0 aliphatic carbocycles. The molecule has 76 valence electrons. The number of aromatic nitrogens is 2. The molecule has 0 radical (unpaired) electrons. The molecule has 0 aliphatic heterocycles. The molecule has 1 N–H and O–H groups in total. The zero-order valence-electron chi connectivity index (χ0n) is 8.74. The van der Waals surface area contributed by atoms with Gasteiger partial charge in [0.05, 0.1) is 0 Å². The van der Waals surface area contributed by atoms with Crippen molar-refractivity contribution >= 4 is 0 Å². The summed E-state index contributed by atoms with van der Waals surface area (Å²) in [6.45, 7) is 3.65. The van der Waals surface area contributed by atoms with E-state index in [4.69, 9.17) is 0 Å². The average molecular weight is 200 g/mol. The van der Waals surface area contributed by atoms with E-state index in [1.807, 2.05) is 44.2 Å². The summed E-state index contributed by atoms with van der Waals surface area (Å²) < 4.78 is 0. The molecule has 0 saturated carbocycles. The Labute approximate surface area is 87.8 Å². The van der Waals surface area contributed by atoms with Crippen molar-refractivity contribution < 1.29 is 0 Å². The second-order valence-corrected chi connectivity index (χ2v) is 3.52. The fourth-order valence-electron chi connectivity index (χ4n) is 1.41. The van der Waals surface area contributed by atoms with Crippen molar-refractivity contribution in [3.63, 3.8) is 0 Å². The van der Waals surface area contributed by atoms with Crippen LogP contribution in [0.2, 0.25) is 0 Å². The van der Waals surface area contributed by atoms with Gasteiger partial charge < -0.3 is 0 Å². The van der Waals surface area contributed by atoms with E-state index in [1.54, 1.807) is 0 Å². The first-order valence-corrected chi connectivity index (χ1v) is 4.81. The minimum Gasteiger partial charge on any atom is -0.287 e. The van der Waals surface area contributed by atoms with Crippen molar-refractivity contribution in [1.82, 2.24) is 10.2 Å². The molecule has 3 nitrogen and oxygen atoms in total. The Hall–Kier alpha value is -1.90. The number of H-pyrrole nitrogens is 1. The Kier molecular flexibility index (Phi) is 2.37. The van der Waals surface area contributed by atoms with Gasteiger partial charge in [0.2, 0.25) is 5.43 Å². The quantitative estimate of drug-likeness (QED) is 0.765. The van der Waals surface area contributed by atoms with E-state index >= 15 is 0 Å². The Morgan fingerprint density at radius 3 is 2.47 bits per heavy atom. The summed E-state index contributed by atoms with van der Waals surface area (Å²) in [4.78, 5) is 11.9. The smallest absolute Gasteiger partial charge is 0.211 e. The maximum atomic E-state index is 11.9. The van der Waals surface area contributed by atoms with Gasteiger partial charge in [-0.15, -0.1) is 0 Å². The van der Waals surface area contributed by atoms with E-state index in [2.05, 4.69) is 10.2 Å². The molecule has 2 aromatic rings. The molecule has 0 spiro atoms. The fraction of sp³-hybridized carbons (Fsp3) is 0.167. The van der Waals surface area contributed by atoms with Crippen LogP contribution in [0, 0.1) is 13.8 Å². The zero-order valence-corrected chi connectivity index (χ0v) is 8.74. The lowest BCUT2D eigenvalue weighted by atomic mass is 10.1. The van der Waals surface area contributed by atoms with Gasteiger partial charge in [-0.1, -0.05) is 30.3 Å². The van der Waals surface area contributed by atoms with Crippen LogP contribution in [0.4, 0.5) is 0 Å². The number of benzene rings is 1. The Morgan fingerprint density at radius 1 is 1.13 bits per heavy atom.